The third-order valence-corrected chi connectivity index (χ3v) is 7.37. The zero-order valence-electron chi connectivity index (χ0n) is 20.1. The van der Waals surface area contributed by atoms with Crippen molar-refractivity contribution < 1.29 is 18.8 Å². The van der Waals surface area contributed by atoms with Gasteiger partial charge in [-0.1, -0.05) is 18.0 Å². The van der Waals surface area contributed by atoms with Crippen molar-refractivity contribution in [3.63, 3.8) is 0 Å². The fourth-order valence-corrected chi connectivity index (χ4v) is 5.30. The van der Waals surface area contributed by atoms with Crippen LogP contribution in [0.3, 0.4) is 0 Å². The first-order valence-electron chi connectivity index (χ1n) is 12.5. The van der Waals surface area contributed by atoms with Gasteiger partial charge in [-0.25, -0.2) is 9.37 Å². The molecule has 4 N–H and O–H groups in total. The lowest BCUT2D eigenvalue weighted by atomic mass is 9.85. The van der Waals surface area contributed by atoms with Crippen molar-refractivity contribution in [1.29, 1.82) is 0 Å². The van der Waals surface area contributed by atoms with E-state index < -0.39 is 17.6 Å². The summed E-state index contributed by atoms with van der Waals surface area (Å²) in [5.41, 5.74) is 6.14. The molecule has 1 aliphatic heterocycles. The fraction of sp³-hybridized carbons (Fsp3) is 0.520. The second kappa shape index (κ2) is 11.8. The summed E-state index contributed by atoms with van der Waals surface area (Å²) in [4.78, 5) is 44.3. The number of hydrogen-bond acceptors (Lipinski definition) is 5. The highest BCUT2D eigenvalue weighted by Crippen LogP contribution is 2.34. The molecule has 3 amide bonds. The van der Waals surface area contributed by atoms with Gasteiger partial charge in [0.05, 0.1) is 17.0 Å². The van der Waals surface area contributed by atoms with Gasteiger partial charge in [0.15, 0.2) is 5.69 Å². The number of imidazole rings is 1. The summed E-state index contributed by atoms with van der Waals surface area (Å²) in [6.45, 7) is 3.30. The number of halogens is 2. The minimum absolute atomic E-state index is 0.0342. The van der Waals surface area contributed by atoms with Crippen molar-refractivity contribution in [3.05, 3.63) is 46.8 Å². The molecule has 2 heterocycles. The summed E-state index contributed by atoms with van der Waals surface area (Å²) in [5.74, 6) is -2.03. The molecule has 2 aromatic rings. The molecule has 0 atom stereocenters. The van der Waals surface area contributed by atoms with Crippen LogP contribution >= 0.6 is 11.6 Å². The molecular formula is C25H32ClFN6O3. The molecule has 11 heteroatoms. The minimum Gasteiger partial charge on any atom is -0.364 e. The van der Waals surface area contributed by atoms with Crippen LogP contribution in [-0.2, 0) is 4.79 Å². The number of carbonyl (C=O) groups excluding carboxylic acids is 3. The Kier molecular flexibility index (Phi) is 8.58. The number of anilines is 1. The molecule has 36 heavy (non-hydrogen) atoms. The fourth-order valence-electron chi connectivity index (χ4n) is 5.08. The number of rotatable bonds is 8. The third-order valence-electron chi connectivity index (χ3n) is 7.05. The Labute approximate surface area is 214 Å². The number of benzene rings is 1. The summed E-state index contributed by atoms with van der Waals surface area (Å²) in [5, 5.41) is 5.77. The predicted octanol–water partition coefficient (Wildman–Crippen LogP) is 3.36. The highest BCUT2D eigenvalue weighted by atomic mass is 35.5. The quantitative estimate of drug-likeness (QED) is 0.494. The van der Waals surface area contributed by atoms with Crippen molar-refractivity contribution in [3.8, 4) is 0 Å². The van der Waals surface area contributed by atoms with E-state index in [0.29, 0.717) is 37.9 Å². The Bertz CT molecular complexity index is 1110. The Morgan fingerprint density at radius 3 is 2.50 bits per heavy atom. The van der Waals surface area contributed by atoms with Gasteiger partial charge >= 0.3 is 0 Å². The van der Waals surface area contributed by atoms with E-state index in [9.17, 15) is 18.8 Å². The monoisotopic (exact) mass is 518 g/mol. The third kappa shape index (κ3) is 6.22. The number of piperidine rings is 1. The van der Waals surface area contributed by atoms with Gasteiger partial charge in [-0.05, 0) is 69.8 Å². The topological polar surface area (TPSA) is 122 Å². The Morgan fingerprint density at radius 1 is 1.11 bits per heavy atom. The lowest BCUT2D eigenvalue weighted by Crippen LogP contribution is -2.38. The van der Waals surface area contributed by atoms with Crippen molar-refractivity contribution in [1.82, 2.24) is 19.8 Å². The van der Waals surface area contributed by atoms with Gasteiger partial charge in [0.25, 0.3) is 11.8 Å². The molecule has 1 aromatic heterocycles. The molecule has 2 fully saturated rings. The number of carbonyl (C=O) groups is 3. The first-order valence-corrected chi connectivity index (χ1v) is 12.8. The first-order chi connectivity index (χ1) is 17.3. The van der Waals surface area contributed by atoms with E-state index in [1.165, 1.54) is 37.7 Å². The maximum Gasteiger partial charge on any atom is 0.272 e. The van der Waals surface area contributed by atoms with Crippen LogP contribution in [0.1, 0.15) is 72.0 Å². The Morgan fingerprint density at radius 2 is 1.83 bits per heavy atom. The smallest absolute Gasteiger partial charge is 0.272 e. The van der Waals surface area contributed by atoms with E-state index in [4.69, 9.17) is 17.3 Å². The van der Waals surface area contributed by atoms with E-state index >= 15 is 0 Å². The SMILES string of the molecule is NC(=O)c1c(C(=O)NCCN2CCCCC2)ncn1C1CCC(C(=O)Nc2ccc(F)cc2Cl)CC1. The lowest BCUT2D eigenvalue weighted by Gasteiger charge is -2.29. The molecule has 1 saturated heterocycles. The van der Waals surface area contributed by atoms with E-state index in [1.807, 2.05) is 0 Å². The van der Waals surface area contributed by atoms with Gasteiger partial charge in [0.1, 0.15) is 11.5 Å². The molecular weight excluding hydrogens is 487 g/mol. The zero-order valence-corrected chi connectivity index (χ0v) is 20.9. The van der Waals surface area contributed by atoms with E-state index in [0.717, 1.165) is 25.7 Å². The van der Waals surface area contributed by atoms with E-state index in [-0.39, 0.29) is 34.3 Å². The van der Waals surface area contributed by atoms with Crippen LogP contribution in [0.4, 0.5) is 10.1 Å². The molecule has 1 aromatic carbocycles. The number of amides is 3. The van der Waals surface area contributed by atoms with Gasteiger partial charge in [0.2, 0.25) is 5.91 Å². The number of hydrogen-bond donors (Lipinski definition) is 3. The average molecular weight is 519 g/mol. The number of nitrogens with zero attached hydrogens (tertiary/aromatic N) is 3. The average Bonchev–Trinajstić information content (AvgIpc) is 3.32. The number of nitrogens with two attached hydrogens (primary N) is 1. The van der Waals surface area contributed by atoms with Crippen LogP contribution in [0, 0.1) is 11.7 Å². The summed E-state index contributed by atoms with van der Waals surface area (Å²) in [6, 6.07) is 3.73. The van der Waals surface area contributed by atoms with Gasteiger partial charge < -0.3 is 25.8 Å². The molecule has 0 unspecified atom stereocenters. The van der Waals surface area contributed by atoms with Crippen LogP contribution in [0.2, 0.25) is 5.02 Å². The molecule has 194 valence electrons. The second-order valence-electron chi connectivity index (χ2n) is 9.49. The summed E-state index contributed by atoms with van der Waals surface area (Å²) < 4.78 is 14.9. The normalized spacial score (nSPS) is 20.6. The molecule has 9 nitrogen and oxygen atoms in total. The Hall–Kier alpha value is -2.98. The van der Waals surface area contributed by atoms with E-state index in [1.54, 1.807) is 4.57 Å². The van der Waals surface area contributed by atoms with Crippen LogP contribution in [0.25, 0.3) is 0 Å². The van der Waals surface area contributed by atoms with Crippen LogP contribution in [-0.4, -0.2) is 58.4 Å². The number of likely N-dealkylation sites (tertiary alicyclic amines) is 1. The maximum atomic E-state index is 13.3. The van der Waals surface area contributed by atoms with Crippen LogP contribution in [0.15, 0.2) is 24.5 Å². The van der Waals surface area contributed by atoms with Crippen molar-refractivity contribution in [2.75, 3.05) is 31.5 Å². The van der Waals surface area contributed by atoms with Gasteiger partial charge in [0, 0.05) is 25.0 Å². The van der Waals surface area contributed by atoms with Crippen molar-refractivity contribution in [2.45, 2.75) is 51.0 Å². The minimum atomic E-state index is -0.709. The standard InChI is InChI=1S/C25H32ClFN6O3/c26-19-14-17(27)6-9-20(19)31-24(35)16-4-7-18(8-5-16)33-15-30-21(22(33)23(28)34)25(36)29-10-13-32-11-2-1-3-12-32/h6,9,14-16,18H,1-5,7-8,10-13H2,(H2,28,34)(H,29,36)(H,31,35). The largest absolute Gasteiger partial charge is 0.364 e. The summed E-state index contributed by atoms with van der Waals surface area (Å²) >= 11 is 6.02. The van der Waals surface area contributed by atoms with Crippen LogP contribution in [0.5, 0.6) is 0 Å². The lowest BCUT2D eigenvalue weighted by molar-refractivity contribution is -0.121. The molecule has 4 rings (SSSR count). The molecule has 2 aliphatic rings. The molecule has 1 aliphatic carbocycles. The number of aromatic nitrogens is 2. The van der Waals surface area contributed by atoms with Gasteiger partial charge in [-0.3, -0.25) is 14.4 Å². The molecule has 0 radical (unpaired) electrons. The molecule has 1 saturated carbocycles. The second-order valence-corrected chi connectivity index (χ2v) is 9.90. The summed E-state index contributed by atoms with van der Waals surface area (Å²) in [7, 11) is 0. The van der Waals surface area contributed by atoms with E-state index in [2.05, 4.69) is 20.5 Å². The predicted molar refractivity (Wildman–Crippen MR) is 134 cm³/mol. The molecule has 0 bridgehead atoms. The molecule has 0 spiro atoms. The van der Waals surface area contributed by atoms with Crippen molar-refractivity contribution >= 4 is 35.0 Å². The highest BCUT2D eigenvalue weighted by Gasteiger charge is 2.31. The van der Waals surface area contributed by atoms with Gasteiger partial charge in [-0.2, -0.15) is 0 Å². The first kappa shape index (κ1) is 26.1. The zero-order chi connectivity index (χ0) is 25.7. The number of primary amides is 1. The maximum absolute atomic E-state index is 13.3. The Balaban J connectivity index is 1.34. The highest BCUT2D eigenvalue weighted by molar-refractivity contribution is 6.33. The van der Waals surface area contributed by atoms with Crippen molar-refractivity contribution in [2.24, 2.45) is 11.7 Å². The number of nitrogens with one attached hydrogen (secondary N) is 2. The summed E-state index contributed by atoms with van der Waals surface area (Å²) in [6.07, 6.45) is 7.46. The van der Waals surface area contributed by atoms with Crippen LogP contribution < -0.4 is 16.4 Å². The van der Waals surface area contributed by atoms with Gasteiger partial charge in [-0.15, -0.1) is 0 Å².